The summed E-state index contributed by atoms with van der Waals surface area (Å²) in [6.07, 6.45) is 1.73. The molecule has 0 amide bonds. The Morgan fingerprint density at radius 1 is 1.04 bits per heavy atom. The van der Waals surface area contributed by atoms with Crippen LogP contribution >= 0.6 is 0 Å². The number of hydrogen-bond acceptors (Lipinski definition) is 7. The third-order valence-electron chi connectivity index (χ3n) is 2.96. The number of aliphatic imine (C=N–C) groups is 1. The van der Waals surface area contributed by atoms with Crippen LogP contribution in [0.15, 0.2) is 41.4 Å². The van der Waals surface area contributed by atoms with Crippen molar-refractivity contribution in [3.63, 3.8) is 0 Å². The molecule has 0 bridgehead atoms. The number of aliphatic hydroxyl groups excluding tert-OH is 1. The second-order valence-electron chi connectivity index (χ2n) is 4.72. The van der Waals surface area contributed by atoms with Crippen molar-refractivity contribution in [2.24, 2.45) is 4.99 Å². The quantitative estimate of drug-likeness (QED) is 0.350. The molecule has 0 spiro atoms. The summed E-state index contributed by atoms with van der Waals surface area (Å²) in [5.41, 5.74) is 0.764. The molecule has 132 valence electrons. The number of phenolic OH excluding ortho intramolecular Hbond substituents is 1. The van der Waals surface area contributed by atoms with Crippen molar-refractivity contribution in [3.8, 4) is 5.75 Å². The van der Waals surface area contributed by atoms with Crippen molar-refractivity contribution in [1.29, 1.82) is 0 Å². The molecule has 2 rings (SSSR count). The lowest BCUT2D eigenvalue weighted by Gasteiger charge is -2.17. The lowest BCUT2D eigenvalue weighted by atomic mass is 10.0. The Morgan fingerprint density at radius 3 is 2.38 bits per heavy atom. The van der Waals surface area contributed by atoms with Gasteiger partial charge >= 0.3 is 0 Å². The van der Waals surface area contributed by atoms with E-state index in [4.69, 9.17) is 23.7 Å². The number of aliphatic hydroxyl groups is 1. The van der Waals surface area contributed by atoms with Gasteiger partial charge in [0.2, 0.25) is 0 Å². The Balaban J connectivity index is 0.000000505. The third-order valence-corrected chi connectivity index (χ3v) is 2.96. The number of nitrogens with two attached hydrogens (primary N) is 1. The van der Waals surface area contributed by atoms with Crippen molar-refractivity contribution in [2.45, 2.75) is 0 Å². The van der Waals surface area contributed by atoms with Gasteiger partial charge in [-0.2, -0.15) is 0 Å². The standard InChI is InChI=1S/C15H18N2O2.ClHO4/c18-10-9-16-7-8-17-11-14-13-4-2-1-3-12(13)5-6-15(14)19;2-1(3,4)5/h1-6,11,16,18-19H,7-10H2;(H,2,3,4,5). The van der Waals surface area contributed by atoms with Crippen LogP contribution in [0, 0.1) is 10.2 Å². The smallest absolute Gasteiger partial charge is 0.124 e. The van der Waals surface area contributed by atoms with Gasteiger partial charge in [-0.1, -0.05) is 30.3 Å². The third kappa shape index (κ3) is 8.18. The molecular formula is C15H19ClN2O6. The zero-order valence-electron chi connectivity index (χ0n) is 12.8. The van der Waals surface area contributed by atoms with E-state index < -0.39 is 10.2 Å². The van der Waals surface area contributed by atoms with E-state index in [2.05, 4.69) is 4.99 Å². The van der Waals surface area contributed by atoms with Gasteiger partial charge in [0.25, 0.3) is 0 Å². The summed E-state index contributed by atoms with van der Waals surface area (Å²) < 4.78 is 34.0. The summed E-state index contributed by atoms with van der Waals surface area (Å²) in [5, 5.41) is 22.7. The van der Waals surface area contributed by atoms with Crippen molar-refractivity contribution >= 4 is 17.0 Å². The molecule has 4 N–H and O–H groups in total. The van der Waals surface area contributed by atoms with Crippen LogP contribution in [0.3, 0.4) is 0 Å². The number of rotatable bonds is 6. The van der Waals surface area contributed by atoms with Gasteiger partial charge < -0.3 is 15.5 Å². The van der Waals surface area contributed by atoms with Crippen molar-refractivity contribution in [2.75, 3.05) is 26.2 Å². The highest BCUT2D eigenvalue weighted by molar-refractivity contribution is 6.02. The number of fused-ring (bicyclic) bond motifs is 1. The van der Waals surface area contributed by atoms with Crippen LogP contribution in [0.1, 0.15) is 5.56 Å². The summed E-state index contributed by atoms with van der Waals surface area (Å²) in [7, 11) is -4.94. The number of phenols is 1. The van der Waals surface area contributed by atoms with Gasteiger partial charge in [0.1, 0.15) is 5.75 Å². The average molecular weight is 359 g/mol. The molecule has 0 radical (unpaired) electrons. The van der Waals surface area contributed by atoms with Crippen LogP contribution in [0.2, 0.25) is 0 Å². The predicted octanol–water partition coefficient (Wildman–Crippen LogP) is -4.24. The Kier molecular flexibility index (Phi) is 8.58. The fraction of sp³-hybridized carbons (Fsp3) is 0.267. The highest BCUT2D eigenvalue weighted by atomic mass is 35.7. The van der Waals surface area contributed by atoms with Crippen molar-refractivity contribution in [1.82, 2.24) is 0 Å². The van der Waals surface area contributed by atoms with E-state index in [1.807, 2.05) is 35.6 Å². The minimum atomic E-state index is -4.94. The number of quaternary nitrogens is 1. The second kappa shape index (κ2) is 10.2. The molecule has 0 unspecified atom stereocenters. The number of halogens is 1. The zero-order chi connectivity index (χ0) is 18.0. The second-order valence-corrected chi connectivity index (χ2v) is 5.48. The van der Waals surface area contributed by atoms with Crippen LogP contribution in [0.25, 0.3) is 10.8 Å². The largest absolute Gasteiger partial charge is 0.507 e. The molecule has 24 heavy (non-hydrogen) atoms. The summed E-state index contributed by atoms with van der Waals surface area (Å²) in [5.74, 6) is 0.252. The minimum absolute atomic E-state index is 0.188. The number of nitrogens with zero attached hydrogens (tertiary/aromatic N) is 1. The van der Waals surface area contributed by atoms with Gasteiger partial charge in [-0.25, -0.2) is 18.6 Å². The molecule has 0 saturated carbocycles. The van der Waals surface area contributed by atoms with E-state index in [0.29, 0.717) is 13.1 Å². The minimum Gasteiger partial charge on any atom is -0.507 e. The number of hydrogen-bond donors (Lipinski definition) is 3. The normalized spacial score (nSPS) is 11.5. The Bertz CT molecular complexity index is 654. The zero-order valence-corrected chi connectivity index (χ0v) is 13.6. The van der Waals surface area contributed by atoms with E-state index in [0.717, 1.165) is 22.9 Å². The molecular weight excluding hydrogens is 340 g/mol. The summed E-state index contributed by atoms with van der Waals surface area (Å²) in [6.45, 7) is 2.40. The number of aromatic hydroxyl groups is 1. The molecule has 0 aliphatic heterocycles. The van der Waals surface area contributed by atoms with E-state index in [-0.39, 0.29) is 12.4 Å². The molecule has 2 aromatic rings. The lowest BCUT2D eigenvalue weighted by Crippen LogP contribution is -2.85. The van der Waals surface area contributed by atoms with Crippen LogP contribution in [0.4, 0.5) is 0 Å². The first kappa shape index (κ1) is 20.3. The molecule has 0 aromatic heterocycles. The van der Waals surface area contributed by atoms with Gasteiger partial charge in [-0.15, -0.1) is 10.2 Å². The first-order chi connectivity index (χ1) is 11.3. The first-order valence-electron chi connectivity index (χ1n) is 7.07. The molecule has 0 atom stereocenters. The van der Waals surface area contributed by atoms with E-state index in [1.165, 1.54) is 0 Å². The predicted molar refractivity (Wildman–Crippen MR) is 76.8 cm³/mol. The molecule has 0 saturated heterocycles. The van der Waals surface area contributed by atoms with E-state index in [1.54, 1.807) is 12.3 Å². The molecule has 8 nitrogen and oxygen atoms in total. The fourth-order valence-corrected chi connectivity index (χ4v) is 1.98. The van der Waals surface area contributed by atoms with Crippen LogP contribution < -0.4 is 24.0 Å². The highest BCUT2D eigenvalue weighted by Gasteiger charge is 2.03. The van der Waals surface area contributed by atoms with Crippen molar-refractivity contribution < 1.29 is 44.4 Å². The van der Waals surface area contributed by atoms with E-state index in [9.17, 15) is 5.11 Å². The maximum absolute atomic E-state index is 9.92. The Labute approximate surface area is 141 Å². The maximum atomic E-state index is 9.92. The molecule has 0 fully saturated rings. The number of benzene rings is 2. The summed E-state index contributed by atoms with van der Waals surface area (Å²) >= 11 is 0. The van der Waals surface area contributed by atoms with E-state index >= 15 is 0 Å². The maximum Gasteiger partial charge on any atom is 0.124 e. The lowest BCUT2D eigenvalue weighted by molar-refractivity contribution is -2.00. The van der Waals surface area contributed by atoms with Gasteiger partial charge in [0.15, 0.2) is 0 Å². The van der Waals surface area contributed by atoms with Crippen LogP contribution in [0.5, 0.6) is 5.75 Å². The van der Waals surface area contributed by atoms with Gasteiger partial charge in [0.05, 0.1) is 26.2 Å². The molecule has 0 aliphatic rings. The van der Waals surface area contributed by atoms with Gasteiger partial charge in [-0.3, -0.25) is 4.99 Å². The van der Waals surface area contributed by atoms with Crippen LogP contribution in [-0.2, 0) is 0 Å². The summed E-state index contributed by atoms with van der Waals surface area (Å²) in [6, 6.07) is 11.5. The first-order valence-corrected chi connectivity index (χ1v) is 8.31. The van der Waals surface area contributed by atoms with Gasteiger partial charge in [0, 0.05) is 11.8 Å². The van der Waals surface area contributed by atoms with Crippen molar-refractivity contribution in [3.05, 3.63) is 42.0 Å². The molecule has 0 aliphatic carbocycles. The topological polar surface area (TPSA) is 162 Å². The molecule has 9 heteroatoms. The fourth-order valence-electron chi connectivity index (χ4n) is 1.98. The SMILES string of the molecule is OCC[NH2+]CCN=Cc1c(O)ccc2ccccc12.[O-][Cl+3]([O-])([O-])[O-]. The Morgan fingerprint density at radius 2 is 1.71 bits per heavy atom. The molecule has 0 heterocycles. The van der Waals surface area contributed by atoms with Crippen LogP contribution in [-0.4, -0.2) is 42.7 Å². The van der Waals surface area contributed by atoms with Gasteiger partial charge in [-0.05, 0) is 16.8 Å². The average Bonchev–Trinajstić information content (AvgIpc) is 2.51. The Hall–Kier alpha value is -1.78. The molecule has 2 aromatic carbocycles. The summed E-state index contributed by atoms with van der Waals surface area (Å²) in [4.78, 5) is 4.33. The monoisotopic (exact) mass is 358 g/mol. The highest BCUT2D eigenvalue weighted by Crippen LogP contribution is 2.25.